The zero-order valence-electron chi connectivity index (χ0n) is 8.76. The number of ether oxygens (including phenoxy) is 1. The minimum absolute atomic E-state index is 0.194. The molecule has 3 nitrogen and oxygen atoms in total. The van der Waals surface area contributed by atoms with Crippen molar-refractivity contribution >= 4 is 11.7 Å². The summed E-state index contributed by atoms with van der Waals surface area (Å²) in [6, 6.07) is 1.32. The monoisotopic (exact) mass is 243 g/mol. The second kappa shape index (κ2) is 4.37. The molecule has 0 aromatic heterocycles. The molecule has 0 amide bonds. The number of methoxy groups -OCH3 is 1. The van der Waals surface area contributed by atoms with Gasteiger partial charge in [0.15, 0.2) is 0 Å². The van der Waals surface area contributed by atoms with Gasteiger partial charge < -0.3 is 10.5 Å². The summed E-state index contributed by atoms with van der Waals surface area (Å²) in [5.41, 5.74) is 3.64. The Balaban J connectivity index is 3.51. The van der Waals surface area contributed by atoms with Gasteiger partial charge in [0.25, 0.3) is 0 Å². The number of terminal acetylenes is 1. The predicted molar refractivity (Wildman–Crippen MR) is 55.1 cm³/mol. The van der Waals surface area contributed by atoms with E-state index in [9.17, 15) is 18.0 Å². The second-order valence-electron chi connectivity index (χ2n) is 3.12. The zero-order chi connectivity index (χ0) is 13.2. The fraction of sp³-hybridized carbons (Fsp3) is 0.182. The topological polar surface area (TPSA) is 52.3 Å². The van der Waals surface area contributed by atoms with Crippen molar-refractivity contribution in [3.05, 3.63) is 28.8 Å². The lowest BCUT2D eigenvalue weighted by molar-refractivity contribution is -0.137. The lowest BCUT2D eigenvalue weighted by atomic mass is 10.0. The van der Waals surface area contributed by atoms with Crippen molar-refractivity contribution in [2.45, 2.75) is 6.18 Å². The van der Waals surface area contributed by atoms with Crippen molar-refractivity contribution in [1.82, 2.24) is 0 Å². The van der Waals surface area contributed by atoms with Crippen molar-refractivity contribution in [2.75, 3.05) is 12.8 Å². The van der Waals surface area contributed by atoms with E-state index in [1.165, 1.54) is 0 Å². The molecule has 1 aromatic carbocycles. The number of benzene rings is 1. The number of carbonyl (C=O) groups excluding carboxylic acids is 1. The molecule has 0 saturated carbocycles. The fourth-order valence-corrected chi connectivity index (χ4v) is 1.22. The van der Waals surface area contributed by atoms with Crippen LogP contribution in [-0.4, -0.2) is 13.1 Å². The van der Waals surface area contributed by atoms with E-state index in [-0.39, 0.29) is 11.3 Å². The van der Waals surface area contributed by atoms with Crippen LogP contribution < -0.4 is 5.73 Å². The Morgan fingerprint density at radius 1 is 1.47 bits per heavy atom. The molecule has 90 valence electrons. The minimum Gasteiger partial charge on any atom is -0.465 e. The van der Waals surface area contributed by atoms with Crippen LogP contribution in [0.1, 0.15) is 21.5 Å². The molecule has 0 bridgehead atoms. The smallest absolute Gasteiger partial charge is 0.416 e. The van der Waals surface area contributed by atoms with Gasteiger partial charge in [-0.05, 0) is 12.1 Å². The number of esters is 1. The molecule has 1 rings (SSSR count). The molecule has 0 atom stereocenters. The maximum absolute atomic E-state index is 12.5. The van der Waals surface area contributed by atoms with Crippen LogP contribution in [0.25, 0.3) is 0 Å². The first-order valence-corrected chi connectivity index (χ1v) is 4.37. The highest BCUT2D eigenvalue weighted by molar-refractivity contribution is 5.96. The first-order valence-electron chi connectivity index (χ1n) is 4.37. The summed E-state index contributed by atoms with van der Waals surface area (Å²) in [5, 5.41) is 0. The van der Waals surface area contributed by atoms with Gasteiger partial charge in [-0.25, -0.2) is 4.79 Å². The van der Waals surface area contributed by atoms with Gasteiger partial charge in [-0.2, -0.15) is 13.2 Å². The highest BCUT2D eigenvalue weighted by Crippen LogP contribution is 2.33. The molecule has 0 fully saturated rings. The average molecular weight is 243 g/mol. The number of carbonyl (C=O) groups is 1. The van der Waals surface area contributed by atoms with Gasteiger partial charge in [-0.1, -0.05) is 5.92 Å². The van der Waals surface area contributed by atoms with Crippen LogP contribution >= 0.6 is 0 Å². The van der Waals surface area contributed by atoms with Crippen LogP contribution in [0.3, 0.4) is 0 Å². The van der Waals surface area contributed by atoms with Crippen molar-refractivity contribution < 1.29 is 22.7 Å². The number of anilines is 1. The average Bonchev–Trinajstić information content (AvgIpc) is 2.26. The Morgan fingerprint density at radius 3 is 2.47 bits per heavy atom. The molecule has 0 radical (unpaired) electrons. The van der Waals surface area contributed by atoms with E-state index in [0.717, 1.165) is 7.11 Å². The third-order valence-electron chi connectivity index (χ3n) is 2.07. The lowest BCUT2D eigenvalue weighted by Gasteiger charge is -2.12. The highest BCUT2D eigenvalue weighted by Gasteiger charge is 2.32. The SMILES string of the molecule is C#Cc1cc(C(F)(F)F)cc(C(=O)OC)c1N. The Labute approximate surface area is 95.4 Å². The Morgan fingerprint density at radius 2 is 2.06 bits per heavy atom. The molecule has 0 heterocycles. The first kappa shape index (κ1) is 12.9. The predicted octanol–water partition coefficient (Wildman–Crippen LogP) is 2.06. The number of halogens is 3. The maximum Gasteiger partial charge on any atom is 0.416 e. The quantitative estimate of drug-likeness (QED) is 0.466. The summed E-state index contributed by atoms with van der Waals surface area (Å²) in [7, 11) is 1.04. The van der Waals surface area contributed by atoms with Gasteiger partial charge in [0.1, 0.15) is 0 Å². The van der Waals surface area contributed by atoms with E-state index in [1.807, 2.05) is 5.92 Å². The van der Waals surface area contributed by atoms with E-state index in [2.05, 4.69) is 4.74 Å². The van der Waals surface area contributed by atoms with Crippen LogP contribution in [0.15, 0.2) is 12.1 Å². The molecule has 0 aliphatic heterocycles. The second-order valence-corrected chi connectivity index (χ2v) is 3.12. The molecular weight excluding hydrogens is 235 g/mol. The molecular formula is C11H8F3NO2. The third kappa shape index (κ3) is 2.50. The van der Waals surface area contributed by atoms with Crippen molar-refractivity contribution in [2.24, 2.45) is 0 Å². The zero-order valence-corrected chi connectivity index (χ0v) is 8.76. The number of nitrogens with two attached hydrogens (primary N) is 1. The van der Waals surface area contributed by atoms with E-state index >= 15 is 0 Å². The third-order valence-corrected chi connectivity index (χ3v) is 2.07. The summed E-state index contributed by atoms with van der Waals surface area (Å²) < 4.78 is 41.9. The summed E-state index contributed by atoms with van der Waals surface area (Å²) >= 11 is 0. The number of nitrogen functional groups attached to an aromatic ring is 1. The van der Waals surface area contributed by atoms with Crippen molar-refractivity contribution in [3.63, 3.8) is 0 Å². The molecule has 0 aliphatic rings. The molecule has 0 saturated heterocycles. The summed E-state index contributed by atoms with van der Waals surface area (Å²) in [6.45, 7) is 0. The van der Waals surface area contributed by atoms with Gasteiger partial charge >= 0.3 is 12.1 Å². The van der Waals surface area contributed by atoms with Crippen LogP contribution in [0, 0.1) is 12.3 Å². The van der Waals surface area contributed by atoms with Gasteiger partial charge in [-0.3, -0.25) is 0 Å². The molecule has 6 heteroatoms. The van der Waals surface area contributed by atoms with Gasteiger partial charge in [-0.15, -0.1) is 6.42 Å². The Kier molecular flexibility index (Phi) is 3.32. The Bertz CT molecular complexity index is 501. The number of rotatable bonds is 1. The molecule has 2 N–H and O–H groups in total. The van der Waals surface area contributed by atoms with Gasteiger partial charge in [0.05, 0.1) is 23.9 Å². The van der Waals surface area contributed by atoms with E-state index in [4.69, 9.17) is 12.2 Å². The largest absolute Gasteiger partial charge is 0.465 e. The maximum atomic E-state index is 12.5. The first-order chi connectivity index (χ1) is 7.81. The van der Waals surface area contributed by atoms with Crippen LogP contribution in [0.5, 0.6) is 0 Å². The van der Waals surface area contributed by atoms with E-state index in [1.54, 1.807) is 0 Å². The van der Waals surface area contributed by atoms with Crippen LogP contribution in [-0.2, 0) is 10.9 Å². The normalized spacial score (nSPS) is 10.8. The Hall–Kier alpha value is -2.16. The van der Waals surface area contributed by atoms with E-state index in [0.29, 0.717) is 12.1 Å². The summed E-state index contributed by atoms with van der Waals surface area (Å²) in [6.07, 6.45) is 0.415. The number of alkyl halides is 3. The number of hydrogen-bond acceptors (Lipinski definition) is 3. The highest BCUT2D eigenvalue weighted by atomic mass is 19.4. The summed E-state index contributed by atoms with van der Waals surface area (Å²) in [4.78, 5) is 11.2. The summed E-state index contributed by atoms with van der Waals surface area (Å²) in [5.74, 6) is 1.03. The molecule has 0 unspecified atom stereocenters. The van der Waals surface area contributed by atoms with Crippen LogP contribution in [0.4, 0.5) is 18.9 Å². The molecule has 0 spiro atoms. The molecule has 17 heavy (non-hydrogen) atoms. The molecule has 0 aliphatic carbocycles. The standard InChI is InChI=1S/C11H8F3NO2/c1-3-6-4-7(11(12,13)14)5-8(9(6)15)10(16)17-2/h1,4-5H,15H2,2H3. The van der Waals surface area contributed by atoms with Gasteiger partial charge in [0.2, 0.25) is 0 Å². The van der Waals surface area contributed by atoms with Gasteiger partial charge in [0, 0.05) is 5.56 Å². The van der Waals surface area contributed by atoms with Crippen LogP contribution in [0.2, 0.25) is 0 Å². The number of hydrogen-bond donors (Lipinski definition) is 1. The fourth-order valence-electron chi connectivity index (χ4n) is 1.22. The van der Waals surface area contributed by atoms with Crippen molar-refractivity contribution in [1.29, 1.82) is 0 Å². The molecule has 1 aromatic rings. The van der Waals surface area contributed by atoms with E-state index < -0.39 is 23.3 Å². The van der Waals surface area contributed by atoms with Crippen molar-refractivity contribution in [3.8, 4) is 12.3 Å². The lowest BCUT2D eigenvalue weighted by Crippen LogP contribution is -2.12. The minimum atomic E-state index is -4.61.